The van der Waals surface area contributed by atoms with E-state index in [0.29, 0.717) is 0 Å². The van der Waals surface area contributed by atoms with Crippen molar-refractivity contribution in [3.8, 4) is 0 Å². The van der Waals surface area contributed by atoms with Crippen molar-refractivity contribution >= 4 is 11.9 Å². The quantitative estimate of drug-likeness (QED) is 0.433. The lowest BCUT2D eigenvalue weighted by Gasteiger charge is -1.89. The SMILES string of the molecule is CC(C)=N/N=C/C(C)N. The Kier molecular flexibility index (Phi) is 3.88. The van der Waals surface area contributed by atoms with Gasteiger partial charge in [0.15, 0.2) is 0 Å². The Balaban J connectivity index is 3.60. The third kappa shape index (κ3) is 7.30. The summed E-state index contributed by atoms with van der Waals surface area (Å²) < 4.78 is 0. The topological polar surface area (TPSA) is 50.7 Å². The summed E-state index contributed by atoms with van der Waals surface area (Å²) in [6.07, 6.45) is 1.60. The van der Waals surface area contributed by atoms with Gasteiger partial charge in [-0.05, 0) is 20.8 Å². The fourth-order valence-corrected chi connectivity index (χ4v) is 0.254. The molecule has 0 bridgehead atoms. The number of hydrogen-bond donors (Lipinski definition) is 1. The van der Waals surface area contributed by atoms with E-state index in [-0.39, 0.29) is 6.04 Å². The standard InChI is InChI=1S/C6H13N3/c1-5(2)9-8-4-6(3)7/h4,6H,7H2,1-3H3/b8-4+. The number of nitrogens with zero attached hydrogens (tertiary/aromatic N) is 2. The molecule has 9 heavy (non-hydrogen) atoms. The predicted octanol–water partition coefficient (Wildman–Crippen LogP) is 0.800. The summed E-state index contributed by atoms with van der Waals surface area (Å²) in [6.45, 7) is 5.63. The highest BCUT2D eigenvalue weighted by Crippen LogP contribution is 1.76. The first-order valence-electron chi connectivity index (χ1n) is 2.93. The van der Waals surface area contributed by atoms with E-state index in [0.717, 1.165) is 5.71 Å². The van der Waals surface area contributed by atoms with Crippen molar-refractivity contribution < 1.29 is 0 Å². The molecule has 0 fully saturated rings. The van der Waals surface area contributed by atoms with E-state index in [1.165, 1.54) is 0 Å². The van der Waals surface area contributed by atoms with Gasteiger partial charge in [0.2, 0.25) is 0 Å². The van der Waals surface area contributed by atoms with Gasteiger partial charge < -0.3 is 5.73 Å². The number of hydrogen-bond acceptors (Lipinski definition) is 3. The zero-order valence-electron chi connectivity index (χ0n) is 6.13. The van der Waals surface area contributed by atoms with Crippen LogP contribution in [0.2, 0.25) is 0 Å². The molecule has 2 N–H and O–H groups in total. The summed E-state index contributed by atoms with van der Waals surface area (Å²) in [5.74, 6) is 0. The number of nitrogens with two attached hydrogens (primary N) is 1. The molecule has 0 aromatic rings. The highest BCUT2D eigenvalue weighted by atomic mass is 15.2. The molecule has 0 heterocycles. The van der Waals surface area contributed by atoms with Crippen molar-refractivity contribution in [2.24, 2.45) is 15.9 Å². The van der Waals surface area contributed by atoms with Crippen LogP contribution in [0, 0.1) is 0 Å². The maximum absolute atomic E-state index is 5.36. The van der Waals surface area contributed by atoms with E-state index in [9.17, 15) is 0 Å². The van der Waals surface area contributed by atoms with Crippen molar-refractivity contribution in [1.29, 1.82) is 0 Å². The Hall–Kier alpha value is -0.700. The van der Waals surface area contributed by atoms with Crippen molar-refractivity contribution in [3.05, 3.63) is 0 Å². The molecule has 0 aromatic carbocycles. The Morgan fingerprint density at radius 2 is 2.11 bits per heavy atom. The van der Waals surface area contributed by atoms with Gasteiger partial charge in [-0.1, -0.05) is 0 Å². The molecular formula is C6H13N3. The van der Waals surface area contributed by atoms with Crippen LogP contribution in [0.15, 0.2) is 10.2 Å². The first kappa shape index (κ1) is 8.30. The lowest BCUT2D eigenvalue weighted by atomic mass is 10.4. The van der Waals surface area contributed by atoms with Crippen LogP contribution in [0.1, 0.15) is 20.8 Å². The van der Waals surface area contributed by atoms with Gasteiger partial charge in [0.25, 0.3) is 0 Å². The highest BCUT2D eigenvalue weighted by molar-refractivity contribution is 5.79. The molecule has 0 rings (SSSR count). The van der Waals surface area contributed by atoms with E-state index >= 15 is 0 Å². The summed E-state index contributed by atoms with van der Waals surface area (Å²) in [7, 11) is 0. The molecular weight excluding hydrogens is 114 g/mol. The van der Waals surface area contributed by atoms with Crippen LogP contribution in [0.4, 0.5) is 0 Å². The van der Waals surface area contributed by atoms with Crippen LogP contribution in [-0.2, 0) is 0 Å². The zero-order valence-corrected chi connectivity index (χ0v) is 6.13. The van der Waals surface area contributed by atoms with Crippen LogP contribution in [0.3, 0.4) is 0 Å². The van der Waals surface area contributed by atoms with E-state index in [2.05, 4.69) is 10.2 Å². The summed E-state index contributed by atoms with van der Waals surface area (Å²) >= 11 is 0. The molecule has 0 saturated heterocycles. The zero-order chi connectivity index (χ0) is 7.28. The molecule has 0 radical (unpaired) electrons. The molecule has 3 heteroatoms. The molecule has 3 nitrogen and oxygen atoms in total. The van der Waals surface area contributed by atoms with Crippen LogP contribution in [0.5, 0.6) is 0 Å². The molecule has 0 aromatic heterocycles. The van der Waals surface area contributed by atoms with Crippen molar-refractivity contribution in [2.75, 3.05) is 0 Å². The summed E-state index contributed by atoms with van der Waals surface area (Å²) in [5.41, 5.74) is 6.30. The third-order valence-electron chi connectivity index (χ3n) is 0.560. The monoisotopic (exact) mass is 127 g/mol. The Bertz CT molecular complexity index is 120. The van der Waals surface area contributed by atoms with Gasteiger partial charge in [0.05, 0.1) is 0 Å². The minimum Gasteiger partial charge on any atom is -0.323 e. The average molecular weight is 127 g/mol. The van der Waals surface area contributed by atoms with Crippen molar-refractivity contribution in [3.63, 3.8) is 0 Å². The van der Waals surface area contributed by atoms with Gasteiger partial charge in [-0.3, -0.25) is 0 Å². The van der Waals surface area contributed by atoms with Gasteiger partial charge in [0, 0.05) is 18.0 Å². The smallest absolute Gasteiger partial charge is 0.0435 e. The Morgan fingerprint density at radius 3 is 2.44 bits per heavy atom. The van der Waals surface area contributed by atoms with E-state index in [1.54, 1.807) is 6.21 Å². The average Bonchev–Trinajstić information content (AvgIpc) is 1.63. The molecule has 1 atom stereocenters. The van der Waals surface area contributed by atoms with Gasteiger partial charge in [-0.25, -0.2) is 0 Å². The van der Waals surface area contributed by atoms with E-state index in [4.69, 9.17) is 5.73 Å². The van der Waals surface area contributed by atoms with Crippen LogP contribution in [0.25, 0.3) is 0 Å². The molecule has 0 aliphatic rings. The minimum absolute atomic E-state index is 0.00639. The lowest BCUT2D eigenvalue weighted by molar-refractivity contribution is 0.984. The number of rotatable bonds is 2. The van der Waals surface area contributed by atoms with Gasteiger partial charge in [0.1, 0.15) is 0 Å². The molecule has 0 aliphatic carbocycles. The van der Waals surface area contributed by atoms with Crippen LogP contribution >= 0.6 is 0 Å². The molecule has 52 valence electrons. The fourth-order valence-electron chi connectivity index (χ4n) is 0.254. The molecule has 0 saturated carbocycles. The Morgan fingerprint density at radius 1 is 1.56 bits per heavy atom. The highest BCUT2D eigenvalue weighted by Gasteiger charge is 1.81. The fraction of sp³-hybridized carbons (Fsp3) is 0.667. The second-order valence-corrected chi connectivity index (χ2v) is 2.17. The summed E-state index contributed by atoms with van der Waals surface area (Å²) in [5, 5.41) is 7.48. The minimum atomic E-state index is -0.00639. The molecule has 1 unspecified atom stereocenters. The maximum Gasteiger partial charge on any atom is 0.0435 e. The maximum atomic E-state index is 5.36. The summed E-state index contributed by atoms with van der Waals surface area (Å²) in [6, 6.07) is -0.00639. The Labute approximate surface area is 55.7 Å². The summed E-state index contributed by atoms with van der Waals surface area (Å²) in [4.78, 5) is 0. The van der Waals surface area contributed by atoms with E-state index < -0.39 is 0 Å². The van der Waals surface area contributed by atoms with Gasteiger partial charge >= 0.3 is 0 Å². The second kappa shape index (κ2) is 4.21. The first-order valence-corrected chi connectivity index (χ1v) is 2.93. The van der Waals surface area contributed by atoms with Crippen molar-refractivity contribution in [2.45, 2.75) is 26.8 Å². The van der Waals surface area contributed by atoms with Gasteiger partial charge in [-0.15, -0.1) is 0 Å². The van der Waals surface area contributed by atoms with E-state index in [1.807, 2.05) is 20.8 Å². The van der Waals surface area contributed by atoms with Crippen LogP contribution < -0.4 is 5.73 Å². The van der Waals surface area contributed by atoms with Crippen molar-refractivity contribution in [1.82, 2.24) is 0 Å². The first-order chi connectivity index (χ1) is 4.13. The largest absolute Gasteiger partial charge is 0.323 e. The van der Waals surface area contributed by atoms with Crippen LogP contribution in [-0.4, -0.2) is 18.0 Å². The second-order valence-electron chi connectivity index (χ2n) is 2.17. The molecule has 0 amide bonds. The lowest BCUT2D eigenvalue weighted by Crippen LogP contribution is -2.15. The predicted molar refractivity (Wildman–Crippen MR) is 40.9 cm³/mol. The molecule has 0 aliphatic heterocycles. The van der Waals surface area contributed by atoms with Gasteiger partial charge in [-0.2, -0.15) is 10.2 Å². The normalized spacial score (nSPS) is 13.8. The third-order valence-corrected chi connectivity index (χ3v) is 0.560. The molecule has 0 spiro atoms.